The van der Waals surface area contributed by atoms with Crippen molar-refractivity contribution in [1.29, 1.82) is 0 Å². The first kappa shape index (κ1) is 25.9. The van der Waals surface area contributed by atoms with Crippen molar-refractivity contribution in [3.05, 3.63) is 0 Å². The van der Waals surface area contributed by atoms with Crippen LogP contribution in [0.4, 0.5) is 0 Å². The molecule has 0 fully saturated rings. The molecule has 0 spiro atoms. The molecule has 0 aliphatic heterocycles. The van der Waals surface area contributed by atoms with Crippen LogP contribution in [0.1, 0.15) is 122 Å². The molecule has 0 rings (SSSR count). The van der Waals surface area contributed by atoms with E-state index in [9.17, 15) is 9.59 Å². The Labute approximate surface area is 175 Å². The van der Waals surface area contributed by atoms with Crippen LogP contribution in [-0.4, -0.2) is 21.3 Å². The van der Waals surface area contributed by atoms with E-state index >= 15 is 0 Å². The number of unbranched alkanes of at least 4 members (excludes halogenated alkanes) is 17. The highest BCUT2D eigenvalue weighted by atomic mass is 127. The summed E-state index contributed by atoms with van der Waals surface area (Å²) in [7, 11) is 0. The fourth-order valence-corrected chi connectivity index (χ4v) is 3.85. The molecule has 3 nitrogen and oxygen atoms in total. The molecule has 0 bridgehead atoms. The molecule has 0 aromatic heterocycles. The molecule has 0 aromatic rings. The van der Waals surface area contributed by atoms with Gasteiger partial charge in [-0.25, -0.2) is 4.79 Å². The van der Waals surface area contributed by atoms with Gasteiger partial charge in [0.25, 0.3) is 0 Å². The Kier molecular flexibility index (Phi) is 21.1. The number of aliphatic carboxylic acids is 1. The zero-order chi connectivity index (χ0) is 19.3. The molecule has 0 heterocycles. The highest BCUT2D eigenvalue weighted by molar-refractivity contribution is 14.1. The summed E-state index contributed by atoms with van der Waals surface area (Å²) in [5.74, 6) is -1.93. The van der Waals surface area contributed by atoms with Crippen molar-refractivity contribution >= 4 is 34.3 Å². The molecule has 0 unspecified atom stereocenters. The SMILES string of the molecule is O=C(O)C(=O)CCCCCCCCCCCCCCCCCCCCI. The molecule has 0 aliphatic carbocycles. The maximum absolute atomic E-state index is 10.9. The maximum Gasteiger partial charge on any atom is 0.372 e. The van der Waals surface area contributed by atoms with Gasteiger partial charge >= 0.3 is 5.97 Å². The van der Waals surface area contributed by atoms with Crippen molar-refractivity contribution in [2.24, 2.45) is 0 Å². The third kappa shape index (κ3) is 20.2. The van der Waals surface area contributed by atoms with E-state index in [1.807, 2.05) is 0 Å². The zero-order valence-corrected chi connectivity index (χ0v) is 18.9. The van der Waals surface area contributed by atoms with Gasteiger partial charge in [0, 0.05) is 6.42 Å². The molecular formula is C22H41IO3. The summed E-state index contributed by atoms with van der Waals surface area (Å²) >= 11 is 2.47. The van der Waals surface area contributed by atoms with Gasteiger partial charge < -0.3 is 5.11 Å². The third-order valence-corrected chi connectivity index (χ3v) is 5.79. The number of carbonyl (C=O) groups is 2. The van der Waals surface area contributed by atoms with Crippen LogP contribution in [0.3, 0.4) is 0 Å². The molecule has 0 aliphatic rings. The molecule has 1 N–H and O–H groups in total. The Hall–Kier alpha value is -0.130. The minimum Gasteiger partial charge on any atom is -0.476 e. The quantitative estimate of drug-likeness (QED) is 0.0802. The van der Waals surface area contributed by atoms with Gasteiger partial charge in [-0.05, 0) is 17.3 Å². The second-order valence-corrected chi connectivity index (χ2v) is 8.61. The number of carboxylic acid groups (broad SMARTS) is 1. The van der Waals surface area contributed by atoms with Crippen LogP contribution in [-0.2, 0) is 9.59 Å². The lowest BCUT2D eigenvalue weighted by atomic mass is 10.0. The van der Waals surface area contributed by atoms with E-state index in [4.69, 9.17) is 5.11 Å². The normalized spacial score (nSPS) is 11.0. The number of hydrogen-bond acceptors (Lipinski definition) is 2. The Balaban J connectivity index is 3.05. The van der Waals surface area contributed by atoms with Crippen molar-refractivity contribution in [2.45, 2.75) is 122 Å². The Bertz CT molecular complexity index is 331. The van der Waals surface area contributed by atoms with E-state index in [0.717, 1.165) is 19.3 Å². The van der Waals surface area contributed by atoms with Crippen LogP contribution in [0.5, 0.6) is 0 Å². The smallest absolute Gasteiger partial charge is 0.372 e. The highest BCUT2D eigenvalue weighted by Crippen LogP contribution is 2.14. The summed E-state index contributed by atoms with van der Waals surface area (Å²) in [5, 5.41) is 8.48. The summed E-state index contributed by atoms with van der Waals surface area (Å²) < 4.78 is 1.31. The lowest BCUT2D eigenvalue weighted by Gasteiger charge is -2.03. The first-order chi connectivity index (χ1) is 12.7. The van der Waals surface area contributed by atoms with Crippen molar-refractivity contribution < 1.29 is 14.7 Å². The first-order valence-corrected chi connectivity index (χ1v) is 12.5. The van der Waals surface area contributed by atoms with Crippen molar-refractivity contribution in [1.82, 2.24) is 0 Å². The van der Waals surface area contributed by atoms with Crippen molar-refractivity contribution in [3.63, 3.8) is 0 Å². The fraction of sp³-hybridized carbons (Fsp3) is 0.909. The van der Waals surface area contributed by atoms with Crippen LogP contribution in [0.15, 0.2) is 0 Å². The second-order valence-electron chi connectivity index (χ2n) is 7.53. The summed E-state index contributed by atoms with van der Waals surface area (Å²) in [6, 6.07) is 0. The topological polar surface area (TPSA) is 54.4 Å². The summed E-state index contributed by atoms with van der Waals surface area (Å²) in [6.07, 6.45) is 23.8. The largest absolute Gasteiger partial charge is 0.476 e. The van der Waals surface area contributed by atoms with Gasteiger partial charge in [0.05, 0.1) is 0 Å². The van der Waals surface area contributed by atoms with Gasteiger partial charge in [0.2, 0.25) is 5.78 Å². The van der Waals surface area contributed by atoms with E-state index in [-0.39, 0.29) is 6.42 Å². The predicted octanol–water partition coefficient (Wildman–Crippen LogP) is 7.49. The van der Waals surface area contributed by atoms with Gasteiger partial charge in [-0.3, -0.25) is 4.79 Å². The number of carbonyl (C=O) groups excluding carboxylic acids is 1. The molecule has 0 aromatic carbocycles. The van der Waals surface area contributed by atoms with E-state index in [1.165, 1.54) is 101 Å². The Morgan fingerprint density at radius 1 is 0.500 bits per heavy atom. The van der Waals surface area contributed by atoms with Crippen molar-refractivity contribution in [2.75, 3.05) is 4.43 Å². The lowest BCUT2D eigenvalue weighted by Crippen LogP contribution is -2.11. The number of Topliss-reactive ketones (excluding diaryl/α,β-unsaturated/α-hetero) is 1. The van der Waals surface area contributed by atoms with E-state index in [0.29, 0.717) is 0 Å². The number of hydrogen-bond donors (Lipinski definition) is 1. The van der Waals surface area contributed by atoms with Crippen LogP contribution in [0.25, 0.3) is 0 Å². The van der Waals surface area contributed by atoms with Gasteiger partial charge in [-0.1, -0.05) is 125 Å². The molecule has 4 heteroatoms. The molecule has 0 saturated heterocycles. The standard InChI is InChI=1S/C22H41IO3/c23-20-18-16-14-12-10-8-6-4-2-1-3-5-7-9-11-13-15-17-19-21(24)22(25)26/h1-20H2,(H,25,26). The summed E-state index contributed by atoms with van der Waals surface area (Å²) in [4.78, 5) is 21.3. The number of carboxylic acids is 1. The molecular weight excluding hydrogens is 439 g/mol. The molecule has 0 saturated carbocycles. The molecule has 0 radical (unpaired) electrons. The molecule has 0 atom stereocenters. The maximum atomic E-state index is 10.9. The monoisotopic (exact) mass is 480 g/mol. The molecule has 26 heavy (non-hydrogen) atoms. The Morgan fingerprint density at radius 3 is 1.04 bits per heavy atom. The Morgan fingerprint density at radius 2 is 0.769 bits per heavy atom. The number of ketones is 1. The van der Waals surface area contributed by atoms with E-state index < -0.39 is 11.8 Å². The van der Waals surface area contributed by atoms with Crippen LogP contribution in [0.2, 0.25) is 0 Å². The van der Waals surface area contributed by atoms with Gasteiger partial charge in [-0.2, -0.15) is 0 Å². The van der Waals surface area contributed by atoms with Gasteiger partial charge in [0.15, 0.2) is 0 Å². The van der Waals surface area contributed by atoms with Gasteiger partial charge in [0.1, 0.15) is 0 Å². The van der Waals surface area contributed by atoms with Crippen LogP contribution < -0.4 is 0 Å². The number of rotatable bonds is 21. The molecule has 0 amide bonds. The van der Waals surface area contributed by atoms with Crippen LogP contribution >= 0.6 is 22.6 Å². The van der Waals surface area contributed by atoms with Crippen molar-refractivity contribution in [3.8, 4) is 0 Å². The van der Waals surface area contributed by atoms with E-state index in [1.54, 1.807) is 0 Å². The average molecular weight is 480 g/mol. The minimum atomic E-state index is -1.29. The second kappa shape index (κ2) is 21.2. The first-order valence-electron chi connectivity index (χ1n) is 11.0. The summed E-state index contributed by atoms with van der Waals surface area (Å²) in [6.45, 7) is 0. The predicted molar refractivity (Wildman–Crippen MR) is 119 cm³/mol. The zero-order valence-electron chi connectivity index (χ0n) is 16.8. The molecule has 154 valence electrons. The highest BCUT2D eigenvalue weighted by Gasteiger charge is 2.09. The van der Waals surface area contributed by atoms with Crippen LogP contribution in [0, 0.1) is 0 Å². The number of halogens is 1. The average Bonchev–Trinajstić information content (AvgIpc) is 2.63. The summed E-state index contributed by atoms with van der Waals surface area (Å²) in [5.41, 5.74) is 0. The minimum absolute atomic E-state index is 0.202. The van der Waals surface area contributed by atoms with Gasteiger partial charge in [-0.15, -0.1) is 0 Å². The number of alkyl halides is 1. The third-order valence-electron chi connectivity index (χ3n) is 5.03. The lowest BCUT2D eigenvalue weighted by molar-refractivity contribution is -0.149. The van der Waals surface area contributed by atoms with E-state index in [2.05, 4.69) is 22.6 Å². The fourth-order valence-electron chi connectivity index (χ4n) is 3.32.